The van der Waals surface area contributed by atoms with Crippen molar-refractivity contribution >= 4 is 27.4 Å². The summed E-state index contributed by atoms with van der Waals surface area (Å²) in [6.45, 7) is 4.91. The number of benzene rings is 1. The molecule has 1 atom stereocenters. The lowest BCUT2D eigenvalue weighted by Crippen LogP contribution is -2.38. The van der Waals surface area contributed by atoms with Crippen LogP contribution in [-0.2, 0) is 16.1 Å². The van der Waals surface area contributed by atoms with Gasteiger partial charge >= 0.3 is 5.97 Å². The van der Waals surface area contributed by atoms with Crippen molar-refractivity contribution in [3.63, 3.8) is 0 Å². The molecule has 2 aromatic rings. The highest BCUT2D eigenvalue weighted by molar-refractivity contribution is 7.17. The molecular weight excluding hydrogens is 270 g/mol. The SMILES string of the molecule is COC(=O)C(CC(C)C)NCc1csc2ccccc12. The summed E-state index contributed by atoms with van der Waals surface area (Å²) in [5, 5.41) is 6.74. The summed E-state index contributed by atoms with van der Waals surface area (Å²) in [5.74, 6) is 0.268. The maximum atomic E-state index is 11.8. The van der Waals surface area contributed by atoms with Gasteiger partial charge in [-0.05, 0) is 34.7 Å². The van der Waals surface area contributed by atoms with Crippen molar-refractivity contribution < 1.29 is 9.53 Å². The number of fused-ring (bicyclic) bond motifs is 1. The molecule has 108 valence electrons. The third-order valence-corrected chi connectivity index (χ3v) is 4.31. The highest BCUT2D eigenvalue weighted by Crippen LogP contribution is 2.25. The fourth-order valence-corrected chi connectivity index (χ4v) is 3.24. The van der Waals surface area contributed by atoms with Crippen molar-refractivity contribution in [3.05, 3.63) is 35.2 Å². The number of esters is 1. The van der Waals surface area contributed by atoms with E-state index in [9.17, 15) is 4.79 Å². The van der Waals surface area contributed by atoms with Crippen molar-refractivity contribution in [2.45, 2.75) is 32.9 Å². The third kappa shape index (κ3) is 3.58. The lowest BCUT2D eigenvalue weighted by atomic mass is 10.0. The number of methoxy groups -OCH3 is 1. The summed E-state index contributed by atoms with van der Waals surface area (Å²) in [6, 6.07) is 8.10. The smallest absolute Gasteiger partial charge is 0.322 e. The van der Waals surface area contributed by atoms with Crippen LogP contribution < -0.4 is 5.32 Å². The van der Waals surface area contributed by atoms with Crippen molar-refractivity contribution in [3.8, 4) is 0 Å². The summed E-state index contributed by atoms with van der Waals surface area (Å²) in [4.78, 5) is 11.8. The van der Waals surface area contributed by atoms with Crippen molar-refractivity contribution in [2.75, 3.05) is 7.11 Å². The van der Waals surface area contributed by atoms with E-state index in [1.165, 1.54) is 22.8 Å². The molecule has 0 amide bonds. The first kappa shape index (κ1) is 15.0. The fourth-order valence-electron chi connectivity index (χ4n) is 2.28. The van der Waals surface area contributed by atoms with Crippen LogP contribution >= 0.6 is 11.3 Å². The number of carbonyl (C=O) groups excluding carboxylic acids is 1. The Morgan fingerprint density at radius 2 is 2.10 bits per heavy atom. The minimum Gasteiger partial charge on any atom is -0.468 e. The van der Waals surface area contributed by atoms with Crippen LogP contribution in [0, 0.1) is 5.92 Å². The summed E-state index contributed by atoms with van der Waals surface area (Å²) in [7, 11) is 1.44. The van der Waals surface area contributed by atoms with E-state index < -0.39 is 0 Å². The molecule has 0 saturated carbocycles. The van der Waals surface area contributed by atoms with Gasteiger partial charge < -0.3 is 10.1 Å². The lowest BCUT2D eigenvalue weighted by Gasteiger charge is -2.18. The molecule has 1 N–H and O–H groups in total. The molecule has 0 aliphatic rings. The molecular formula is C16H21NO2S. The zero-order valence-electron chi connectivity index (χ0n) is 12.2. The third-order valence-electron chi connectivity index (χ3n) is 3.29. The number of hydrogen-bond donors (Lipinski definition) is 1. The first-order valence-corrected chi connectivity index (χ1v) is 7.76. The highest BCUT2D eigenvalue weighted by atomic mass is 32.1. The van der Waals surface area contributed by atoms with Gasteiger partial charge in [0.15, 0.2) is 0 Å². The van der Waals surface area contributed by atoms with Gasteiger partial charge in [0.1, 0.15) is 6.04 Å². The first-order valence-electron chi connectivity index (χ1n) is 6.88. The molecule has 1 aromatic heterocycles. The van der Waals surface area contributed by atoms with Crippen LogP contribution in [0.3, 0.4) is 0 Å². The minimum atomic E-state index is -0.237. The molecule has 4 heteroatoms. The van der Waals surface area contributed by atoms with Crippen LogP contribution in [0.2, 0.25) is 0 Å². The monoisotopic (exact) mass is 291 g/mol. The molecule has 0 bridgehead atoms. The molecule has 0 radical (unpaired) electrons. The zero-order chi connectivity index (χ0) is 14.5. The molecule has 2 rings (SSSR count). The zero-order valence-corrected chi connectivity index (χ0v) is 13.0. The van der Waals surface area contributed by atoms with Gasteiger partial charge in [0.05, 0.1) is 7.11 Å². The Labute approximate surface area is 123 Å². The van der Waals surface area contributed by atoms with Gasteiger partial charge in [-0.25, -0.2) is 0 Å². The highest BCUT2D eigenvalue weighted by Gasteiger charge is 2.20. The van der Waals surface area contributed by atoms with Gasteiger partial charge in [0.2, 0.25) is 0 Å². The van der Waals surface area contributed by atoms with Crippen molar-refractivity contribution in [1.82, 2.24) is 5.32 Å². The molecule has 20 heavy (non-hydrogen) atoms. The average Bonchev–Trinajstić information content (AvgIpc) is 2.85. The lowest BCUT2D eigenvalue weighted by molar-refractivity contribution is -0.143. The van der Waals surface area contributed by atoms with Gasteiger partial charge in [-0.15, -0.1) is 11.3 Å². The fraction of sp³-hybridized carbons (Fsp3) is 0.438. The molecule has 3 nitrogen and oxygen atoms in total. The number of nitrogens with one attached hydrogen (secondary N) is 1. The van der Waals surface area contributed by atoms with Gasteiger partial charge in [0.25, 0.3) is 0 Å². The second-order valence-corrected chi connectivity index (χ2v) is 6.25. The predicted octanol–water partition coefficient (Wildman–Crippen LogP) is 3.58. The molecule has 0 saturated heterocycles. The van der Waals surface area contributed by atoms with E-state index >= 15 is 0 Å². The van der Waals surface area contributed by atoms with E-state index in [2.05, 4.69) is 36.7 Å². The largest absolute Gasteiger partial charge is 0.468 e. The Balaban J connectivity index is 2.06. The standard InChI is InChI=1S/C16H21NO2S/c1-11(2)8-14(16(18)19-3)17-9-12-10-20-15-7-5-4-6-13(12)15/h4-7,10-11,14,17H,8-9H2,1-3H3. The Hall–Kier alpha value is -1.39. The normalized spacial score (nSPS) is 12.8. The molecule has 0 spiro atoms. The van der Waals surface area contributed by atoms with Crippen molar-refractivity contribution in [2.24, 2.45) is 5.92 Å². The topological polar surface area (TPSA) is 38.3 Å². The number of hydrogen-bond acceptors (Lipinski definition) is 4. The van der Waals surface area contributed by atoms with Crippen LogP contribution in [-0.4, -0.2) is 19.1 Å². The summed E-state index contributed by atoms with van der Waals surface area (Å²) in [6.07, 6.45) is 0.786. The van der Waals surface area contributed by atoms with Crippen molar-refractivity contribution in [1.29, 1.82) is 0 Å². The quantitative estimate of drug-likeness (QED) is 0.827. The minimum absolute atomic E-state index is 0.182. The van der Waals surface area contributed by atoms with Gasteiger partial charge in [-0.1, -0.05) is 32.0 Å². The first-order chi connectivity index (χ1) is 9.61. The summed E-state index contributed by atoms with van der Waals surface area (Å²) in [5.41, 5.74) is 1.24. The maximum Gasteiger partial charge on any atom is 0.322 e. The van der Waals surface area contributed by atoms with Crippen LogP contribution in [0.15, 0.2) is 29.6 Å². The predicted molar refractivity (Wildman–Crippen MR) is 83.9 cm³/mol. The van der Waals surface area contributed by atoms with Gasteiger partial charge in [-0.3, -0.25) is 4.79 Å². The Kier molecular flexibility index (Phi) is 5.15. The summed E-state index contributed by atoms with van der Waals surface area (Å²) >= 11 is 1.74. The molecule has 1 unspecified atom stereocenters. The van der Waals surface area contributed by atoms with E-state index in [4.69, 9.17) is 4.74 Å². The number of thiophene rings is 1. The number of carbonyl (C=O) groups is 1. The Bertz CT molecular complexity index is 577. The van der Waals surface area contributed by atoms with E-state index in [1.807, 2.05) is 12.1 Å². The molecule has 1 heterocycles. The van der Waals surface area contributed by atoms with Crippen LogP contribution in [0.25, 0.3) is 10.1 Å². The van der Waals surface area contributed by atoms with E-state index in [0.29, 0.717) is 12.5 Å². The molecule has 0 aliphatic heterocycles. The second kappa shape index (κ2) is 6.86. The molecule has 0 aliphatic carbocycles. The molecule has 1 aromatic carbocycles. The van der Waals surface area contributed by atoms with Crippen LogP contribution in [0.4, 0.5) is 0 Å². The van der Waals surface area contributed by atoms with Gasteiger partial charge in [0, 0.05) is 11.2 Å². The number of rotatable bonds is 6. The van der Waals surface area contributed by atoms with E-state index in [1.54, 1.807) is 11.3 Å². The van der Waals surface area contributed by atoms with E-state index in [-0.39, 0.29) is 12.0 Å². The maximum absolute atomic E-state index is 11.8. The van der Waals surface area contributed by atoms with Crippen LogP contribution in [0.1, 0.15) is 25.8 Å². The van der Waals surface area contributed by atoms with Crippen LogP contribution in [0.5, 0.6) is 0 Å². The Morgan fingerprint density at radius 3 is 2.80 bits per heavy atom. The van der Waals surface area contributed by atoms with Gasteiger partial charge in [-0.2, -0.15) is 0 Å². The Morgan fingerprint density at radius 1 is 1.35 bits per heavy atom. The second-order valence-electron chi connectivity index (χ2n) is 5.34. The average molecular weight is 291 g/mol. The number of ether oxygens (including phenoxy) is 1. The molecule has 0 fully saturated rings. The summed E-state index contributed by atoms with van der Waals surface area (Å²) < 4.78 is 6.15. The van der Waals surface area contributed by atoms with E-state index in [0.717, 1.165) is 6.42 Å².